The molecule has 20 heavy (non-hydrogen) atoms. The maximum absolute atomic E-state index is 13.4. The third-order valence-corrected chi connectivity index (χ3v) is 2.38. The molecule has 0 aliphatic carbocycles. The molecule has 1 aromatic carbocycles. The summed E-state index contributed by atoms with van der Waals surface area (Å²) < 4.78 is 70.2. The van der Waals surface area contributed by atoms with Crippen molar-refractivity contribution in [1.82, 2.24) is 0 Å². The molecule has 0 atom stereocenters. The molecule has 0 aliphatic heterocycles. The van der Waals surface area contributed by atoms with Crippen LogP contribution in [0.1, 0.15) is 31.1 Å². The van der Waals surface area contributed by atoms with E-state index >= 15 is 0 Å². The van der Waals surface area contributed by atoms with Gasteiger partial charge in [-0.1, -0.05) is 0 Å². The number of benzene rings is 1. The van der Waals surface area contributed by atoms with Gasteiger partial charge in [0.15, 0.2) is 28.9 Å². The number of carbonyl (C=O) groups excluding carboxylic acids is 2. The molecular weight excluding hydrogens is 287 g/mol. The van der Waals surface area contributed by atoms with Crippen LogP contribution in [0.25, 0.3) is 0 Å². The van der Waals surface area contributed by atoms with Gasteiger partial charge in [-0.05, 0) is 13.8 Å². The van der Waals surface area contributed by atoms with Crippen molar-refractivity contribution in [2.24, 2.45) is 0 Å². The van der Waals surface area contributed by atoms with Crippen molar-refractivity contribution < 1.29 is 36.3 Å². The van der Waals surface area contributed by atoms with E-state index in [1.807, 2.05) is 0 Å². The highest BCUT2D eigenvalue weighted by Gasteiger charge is 2.39. The highest BCUT2D eigenvalue weighted by Crippen LogP contribution is 2.27. The molecule has 0 fully saturated rings. The molecule has 0 aliphatic rings. The Morgan fingerprint density at radius 1 is 0.850 bits per heavy atom. The molecule has 8 heteroatoms. The van der Waals surface area contributed by atoms with Gasteiger partial charge >= 0.3 is 5.97 Å². The highest BCUT2D eigenvalue weighted by molar-refractivity contribution is 6.03. The first-order valence-electron chi connectivity index (χ1n) is 5.26. The van der Waals surface area contributed by atoms with E-state index in [0.29, 0.717) is 0 Å². The lowest BCUT2D eigenvalue weighted by atomic mass is 9.95. The first-order valence-corrected chi connectivity index (χ1v) is 5.26. The third-order valence-electron chi connectivity index (χ3n) is 2.38. The summed E-state index contributed by atoms with van der Waals surface area (Å²) in [5.74, 6) is -13.9. The van der Waals surface area contributed by atoms with E-state index in [9.17, 15) is 31.5 Å². The average molecular weight is 296 g/mol. The van der Waals surface area contributed by atoms with Crippen LogP contribution in [0.3, 0.4) is 0 Å². The molecule has 0 unspecified atom stereocenters. The maximum atomic E-state index is 13.4. The van der Waals surface area contributed by atoms with Crippen molar-refractivity contribution in [3.8, 4) is 0 Å². The van der Waals surface area contributed by atoms with Crippen molar-refractivity contribution in [2.75, 3.05) is 0 Å². The van der Waals surface area contributed by atoms with E-state index in [-0.39, 0.29) is 0 Å². The van der Waals surface area contributed by atoms with E-state index in [4.69, 9.17) is 0 Å². The van der Waals surface area contributed by atoms with Crippen LogP contribution in [0.5, 0.6) is 0 Å². The SMILES string of the molecule is CC(=O)OC(C)(C)C(=O)c1c(F)c(F)c(F)c(F)c1F. The van der Waals surface area contributed by atoms with Crippen molar-refractivity contribution >= 4 is 11.8 Å². The minimum absolute atomic E-state index is 0.924. The Labute approximate surface area is 110 Å². The normalized spacial score (nSPS) is 11.4. The number of hydrogen-bond acceptors (Lipinski definition) is 3. The van der Waals surface area contributed by atoms with Crippen molar-refractivity contribution in [2.45, 2.75) is 26.4 Å². The molecule has 0 saturated heterocycles. The van der Waals surface area contributed by atoms with Crippen LogP contribution in [0.15, 0.2) is 0 Å². The average Bonchev–Trinajstić information content (AvgIpc) is 2.32. The summed E-state index contributed by atoms with van der Waals surface area (Å²) >= 11 is 0. The Morgan fingerprint density at radius 2 is 1.20 bits per heavy atom. The number of hydrogen-bond donors (Lipinski definition) is 0. The van der Waals surface area contributed by atoms with Gasteiger partial charge in [0.25, 0.3) is 0 Å². The molecule has 0 heterocycles. The van der Waals surface area contributed by atoms with E-state index in [0.717, 1.165) is 20.8 Å². The molecule has 0 saturated carbocycles. The molecule has 0 amide bonds. The quantitative estimate of drug-likeness (QED) is 0.283. The first-order chi connectivity index (χ1) is 9.00. The lowest BCUT2D eigenvalue weighted by Gasteiger charge is -2.23. The smallest absolute Gasteiger partial charge is 0.303 e. The minimum atomic E-state index is -2.37. The number of Topliss-reactive ketones (excluding diaryl/α,β-unsaturated/α-hetero) is 1. The van der Waals surface area contributed by atoms with Gasteiger partial charge in [0.1, 0.15) is 0 Å². The topological polar surface area (TPSA) is 43.4 Å². The fraction of sp³-hybridized carbons (Fsp3) is 0.333. The molecule has 0 bridgehead atoms. The molecule has 110 valence electrons. The van der Waals surface area contributed by atoms with E-state index in [1.54, 1.807) is 0 Å². The van der Waals surface area contributed by atoms with Crippen LogP contribution >= 0.6 is 0 Å². The molecule has 0 radical (unpaired) electrons. The van der Waals surface area contributed by atoms with Crippen LogP contribution in [0.4, 0.5) is 22.0 Å². The van der Waals surface area contributed by atoms with Gasteiger partial charge in [0, 0.05) is 6.92 Å². The second-order valence-corrected chi connectivity index (χ2v) is 4.38. The number of carbonyl (C=O) groups is 2. The summed E-state index contributed by atoms with van der Waals surface area (Å²) in [6.07, 6.45) is 0. The van der Waals surface area contributed by atoms with E-state index < -0.39 is 52.0 Å². The van der Waals surface area contributed by atoms with Crippen LogP contribution in [0, 0.1) is 29.1 Å². The summed E-state index contributed by atoms with van der Waals surface area (Å²) in [6, 6.07) is 0. The van der Waals surface area contributed by atoms with Crippen LogP contribution in [-0.4, -0.2) is 17.4 Å². The third kappa shape index (κ3) is 2.63. The van der Waals surface area contributed by atoms with Gasteiger partial charge in [-0.2, -0.15) is 0 Å². The fourth-order valence-electron chi connectivity index (χ4n) is 1.51. The van der Waals surface area contributed by atoms with Crippen molar-refractivity contribution in [3.63, 3.8) is 0 Å². The Bertz CT molecular complexity index is 566. The Balaban J connectivity index is 3.48. The summed E-state index contributed by atoms with van der Waals surface area (Å²) in [6.45, 7) is 2.86. The molecular formula is C12H9F5O3. The van der Waals surface area contributed by atoms with Gasteiger partial charge in [-0.3, -0.25) is 9.59 Å². The Kier molecular flexibility index (Phi) is 4.16. The number of ether oxygens (including phenoxy) is 1. The summed E-state index contributed by atoms with van der Waals surface area (Å²) in [7, 11) is 0. The lowest BCUT2D eigenvalue weighted by Crippen LogP contribution is -2.38. The number of halogens is 5. The first kappa shape index (κ1) is 16.1. The number of ketones is 1. The second kappa shape index (κ2) is 5.18. The zero-order chi connectivity index (χ0) is 15.8. The maximum Gasteiger partial charge on any atom is 0.303 e. The number of esters is 1. The van der Waals surface area contributed by atoms with E-state index in [2.05, 4.69) is 4.74 Å². The zero-order valence-electron chi connectivity index (χ0n) is 10.6. The summed E-state index contributed by atoms with van der Waals surface area (Å²) in [5, 5.41) is 0. The Hall–Kier alpha value is -1.99. The van der Waals surface area contributed by atoms with Crippen LogP contribution < -0.4 is 0 Å². The van der Waals surface area contributed by atoms with Crippen molar-refractivity contribution in [1.29, 1.82) is 0 Å². The second-order valence-electron chi connectivity index (χ2n) is 4.38. The molecule has 0 N–H and O–H groups in total. The van der Waals surface area contributed by atoms with Gasteiger partial charge in [-0.25, -0.2) is 22.0 Å². The Morgan fingerprint density at radius 3 is 1.55 bits per heavy atom. The fourth-order valence-corrected chi connectivity index (χ4v) is 1.51. The molecule has 0 spiro atoms. The number of rotatable bonds is 3. The largest absolute Gasteiger partial charge is 0.451 e. The summed E-state index contributed by atoms with van der Waals surface area (Å²) in [4.78, 5) is 22.6. The molecule has 1 rings (SSSR count). The zero-order valence-corrected chi connectivity index (χ0v) is 10.6. The van der Waals surface area contributed by atoms with Gasteiger partial charge < -0.3 is 4.74 Å². The van der Waals surface area contributed by atoms with Crippen LogP contribution in [-0.2, 0) is 9.53 Å². The van der Waals surface area contributed by atoms with Crippen LogP contribution in [0.2, 0.25) is 0 Å². The highest BCUT2D eigenvalue weighted by atomic mass is 19.2. The van der Waals surface area contributed by atoms with Crippen molar-refractivity contribution in [3.05, 3.63) is 34.6 Å². The van der Waals surface area contributed by atoms with Gasteiger partial charge in [-0.15, -0.1) is 0 Å². The predicted molar refractivity (Wildman–Crippen MR) is 56.4 cm³/mol. The minimum Gasteiger partial charge on any atom is -0.451 e. The van der Waals surface area contributed by atoms with E-state index in [1.165, 1.54) is 0 Å². The molecule has 3 nitrogen and oxygen atoms in total. The van der Waals surface area contributed by atoms with Gasteiger partial charge in [0.2, 0.25) is 11.6 Å². The van der Waals surface area contributed by atoms with Gasteiger partial charge in [0.05, 0.1) is 5.56 Å². The summed E-state index contributed by atoms with van der Waals surface area (Å²) in [5.41, 5.74) is -3.72. The predicted octanol–water partition coefficient (Wildman–Crippen LogP) is 2.91. The lowest BCUT2D eigenvalue weighted by molar-refractivity contribution is -0.149. The standard InChI is InChI=1S/C12H9F5O3/c1-4(18)20-12(2,3)11(19)5-6(13)8(15)10(17)9(16)7(5)14/h1-3H3. The monoisotopic (exact) mass is 296 g/mol. The molecule has 1 aromatic rings. The molecule has 0 aromatic heterocycles.